The van der Waals surface area contributed by atoms with Crippen LogP contribution in [0, 0.1) is 0 Å². The van der Waals surface area contributed by atoms with Gasteiger partial charge in [0, 0.05) is 24.2 Å². The fourth-order valence-corrected chi connectivity index (χ4v) is 4.19. The molecule has 1 aliphatic rings. The lowest BCUT2D eigenvalue weighted by molar-refractivity contribution is 0.0987. The molecule has 9 heteroatoms. The Morgan fingerprint density at radius 1 is 1.13 bits per heavy atom. The average molecular weight is 445 g/mol. The number of benzene rings is 2. The number of halogens is 1. The van der Waals surface area contributed by atoms with Gasteiger partial charge in [-0.3, -0.25) is 9.59 Å². The molecule has 2 heterocycles. The molecule has 0 radical (unpaired) electrons. The van der Waals surface area contributed by atoms with Crippen molar-refractivity contribution < 1.29 is 22.4 Å². The third-order valence-corrected chi connectivity index (χ3v) is 6.30. The third kappa shape index (κ3) is 3.83. The molecule has 7 nitrogen and oxygen atoms in total. The van der Waals surface area contributed by atoms with E-state index in [-0.39, 0.29) is 21.4 Å². The second-order valence-corrected chi connectivity index (χ2v) is 9.35. The van der Waals surface area contributed by atoms with Gasteiger partial charge in [-0.2, -0.15) is 0 Å². The SMILES string of the molecule is CS(=O)(=O)c1ccc(Cl)c(C(=O)Nc2ccc3c(c2)CCN3C(=O)c2ccoc2)c1. The van der Waals surface area contributed by atoms with Gasteiger partial charge in [-0.1, -0.05) is 11.6 Å². The number of amides is 2. The number of fused-ring (bicyclic) bond motifs is 1. The van der Waals surface area contributed by atoms with Crippen molar-refractivity contribution in [2.24, 2.45) is 0 Å². The molecular formula is C21H17ClN2O5S. The van der Waals surface area contributed by atoms with E-state index in [9.17, 15) is 18.0 Å². The van der Waals surface area contributed by atoms with Gasteiger partial charge in [0.05, 0.1) is 27.3 Å². The first kappa shape index (κ1) is 20.2. The molecular weight excluding hydrogens is 428 g/mol. The molecule has 0 fully saturated rings. The maximum atomic E-state index is 12.7. The minimum atomic E-state index is -3.47. The van der Waals surface area contributed by atoms with Gasteiger partial charge in [-0.15, -0.1) is 0 Å². The van der Waals surface area contributed by atoms with E-state index < -0.39 is 15.7 Å². The maximum absolute atomic E-state index is 12.7. The Hall–Kier alpha value is -3.10. The van der Waals surface area contributed by atoms with Crippen molar-refractivity contribution >= 4 is 44.6 Å². The quantitative estimate of drug-likeness (QED) is 0.660. The molecule has 1 aliphatic heterocycles. The molecule has 0 atom stereocenters. The molecule has 0 aliphatic carbocycles. The standard InChI is InChI=1S/C21H17ClN2O5S/c1-30(27,28)16-3-4-18(22)17(11-16)20(25)23-15-2-5-19-13(10-15)6-8-24(19)21(26)14-7-9-29-12-14/h2-5,7,9-12H,6,8H2,1H3,(H,23,25). The van der Waals surface area contributed by atoms with Gasteiger partial charge < -0.3 is 14.6 Å². The lowest BCUT2D eigenvalue weighted by Gasteiger charge is -2.16. The van der Waals surface area contributed by atoms with Crippen molar-refractivity contribution in [1.29, 1.82) is 0 Å². The van der Waals surface area contributed by atoms with Crippen LogP contribution in [0.3, 0.4) is 0 Å². The first-order valence-corrected chi connectivity index (χ1v) is 11.3. The molecule has 0 saturated carbocycles. The molecule has 2 amide bonds. The van der Waals surface area contributed by atoms with E-state index >= 15 is 0 Å². The highest BCUT2D eigenvalue weighted by atomic mass is 35.5. The van der Waals surface area contributed by atoms with E-state index in [4.69, 9.17) is 16.0 Å². The van der Waals surface area contributed by atoms with Crippen molar-refractivity contribution in [3.63, 3.8) is 0 Å². The topological polar surface area (TPSA) is 96.7 Å². The van der Waals surface area contributed by atoms with Crippen molar-refractivity contribution in [1.82, 2.24) is 0 Å². The van der Waals surface area contributed by atoms with Crippen LogP contribution >= 0.6 is 11.6 Å². The highest BCUT2D eigenvalue weighted by molar-refractivity contribution is 7.90. The van der Waals surface area contributed by atoms with E-state index in [1.807, 2.05) is 0 Å². The predicted molar refractivity (Wildman–Crippen MR) is 113 cm³/mol. The Balaban J connectivity index is 1.56. The molecule has 2 aromatic carbocycles. The van der Waals surface area contributed by atoms with Crippen LogP contribution in [0.4, 0.5) is 11.4 Å². The Kier molecular flexibility index (Phi) is 5.13. The van der Waals surface area contributed by atoms with Gasteiger partial charge >= 0.3 is 0 Å². The third-order valence-electron chi connectivity index (χ3n) is 4.86. The zero-order chi connectivity index (χ0) is 21.5. The lowest BCUT2D eigenvalue weighted by Crippen LogP contribution is -2.28. The normalized spacial score (nSPS) is 13.2. The predicted octanol–water partition coefficient (Wildman–Crippen LogP) is 3.79. The molecule has 0 bridgehead atoms. The van der Waals surface area contributed by atoms with E-state index in [0.29, 0.717) is 24.2 Å². The zero-order valence-electron chi connectivity index (χ0n) is 15.9. The Morgan fingerprint density at radius 2 is 1.93 bits per heavy atom. The molecule has 1 aromatic heterocycles. The lowest BCUT2D eigenvalue weighted by atomic mass is 10.1. The highest BCUT2D eigenvalue weighted by Crippen LogP contribution is 2.32. The average Bonchev–Trinajstić information content (AvgIpc) is 3.36. The van der Waals surface area contributed by atoms with Crippen LogP contribution in [0.15, 0.2) is 64.3 Å². The monoisotopic (exact) mass is 444 g/mol. The molecule has 0 saturated heterocycles. The number of carbonyl (C=O) groups is 2. The van der Waals surface area contributed by atoms with Gasteiger partial charge in [-0.25, -0.2) is 8.42 Å². The Morgan fingerprint density at radius 3 is 2.63 bits per heavy atom. The van der Waals surface area contributed by atoms with E-state index in [2.05, 4.69) is 5.32 Å². The molecule has 154 valence electrons. The van der Waals surface area contributed by atoms with Crippen LogP contribution in [-0.4, -0.2) is 33.0 Å². The smallest absolute Gasteiger partial charge is 0.261 e. The Bertz CT molecular complexity index is 1250. The van der Waals surface area contributed by atoms with Crippen molar-refractivity contribution in [3.05, 3.63) is 76.7 Å². The van der Waals surface area contributed by atoms with Gasteiger partial charge in [0.15, 0.2) is 9.84 Å². The number of nitrogens with zero attached hydrogens (tertiary/aromatic N) is 1. The zero-order valence-corrected chi connectivity index (χ0v) is 17.5. The summed E-state index contributed by atoms with van der Waals surface area (Å²) in [5, 5.41) is 2.89. The second-order valence-electron chi connectivity index (χ2n) is 6.93. The van der Waals surface area contributed by atoms with Crippen LogP contribution in [-0.2, 0) is 16.3 Å². The minimum Gasteiger partial charge on any atom is -0.472 e. The number of hydrogen-bond donors (Lipinski definition) is 1. The van der Waals surface area contributed by atoms with Crippen LogP contribution in [0.25, 0.3) is 0 Å². The van der Waals surface area contributed by atoms with Crippen LogP contribution in [0.5, 0.6) is 0 Å². The first-order valence-electron chi connectivity index (χ1n) is 9.02. The van der Waals surface area contributed by atoms with E-state index in [0.717, 1.165) is 17.5 Å². The Labute approximate surface area is 178 Å². The van der Waals surface area contributed by atoms with Gasteiger partial charge in [-0.05, 0) is 54.4 Å². The number of rotatable bonds is 4. The summed E-state index contributed by atoms with van der Waals surface area (Å²) < 4.78 is 28.5. The van der Waals surface area contributed by atoms with Crippen molar-refractivity contribution in [3.8, 4) is 0 Å². The number of hydrogen-bond acceptors (Lipinski definition) is 5. The maximum Gasteiger partial charge on any atom is 0.261 e. The van der Waals surface area contributed by atoms with Gasteiger partial charge in [0.1, 0.15) is 6.26 Å². The van der Waals surface area contributed by atoms with E-state index in [1.165, 1.54) is 30.7 Å². The summed E-state index contributed by atoms with van der Waals surface area (Å²) in [7, 11) is -3.47. The summed E-state index contributed by atoms with van der Waals surface area (Å²) >= 11 is 6.10. The summed E-state index contributed by atoms with van der Waals surface area (Å²) in [5.74, 6) is -0.668. The minimum absolute atomic E-state index is 0.0133. The number of furan rings is 1. The fraction of sp³-hybridized carbons (Fsp3) is 0.143. The summed E-state index contributed by atoms with van der Waals surface area (Å²) in [5.41, 5.74) is 2.76. The largest absolute Gasteiger partial charge is 0.472 e. The molecule has 0 unspecified atom stereocenters. The van der Waals surface area contributed by atoms with Crippen LogP contribution in [0.2, 0.25) is 5.02 Å². The van der Waals surface area contributed by atoms with Crippen molar-refractivity contribution in [2.45, 2.75) is 11.3 Å². The number of carbonyl (C=O) groups excluding carboxylic acids is 2. The second kappa shape index (κ2) is 7.62. The highest BCUT2D eigenvalue weighted by Gasteiger charge is 2.26. The summed E-state index contributed by atoms with van der Waals surface area (Å²) in [4.78, 5) is 27.0. The van der Waals surface area contributed by atoms with Crippen molar-refractivity contribution in [2.75, 3.05) is 23.0 Å². The van der Waals surface area contributed by atoms with Gasteiger partial charge in [0.2, 0.25) is 0 Å². The summed E-state index contributed by atoms with van der Waals surface area (Å²) in [6, 6.07) is 10.9. The first-order chi connectivity index (χ1) is 14.2. The number of nitrogens with one attached hydrogen (secondary N) is 1. The molecule has 30 heavy (non-hydrogen) atoms. The molecule has 3 aromatic rings. The number of anilines is 2. The van der Waals surface area contributed by atoms with Crippen LogP contribution < -0.4 is 10.2 Å². The molecule has 1 N–H and O–H groups in total. The molecule has 4 rings (SSSR count). The molecule has 0 spiro atoms. The fourth-order valence-electron chi connectivity index (χ4n) is 3.34. The van der Waals surface area contributed by atoms with Crippen LogP contribution in [0.1, 0.15) is 26.3 Å². The summed E-state index contributed by atoms with van der Waals surface area (Å²) in [6.45, 7) is 0.527. The van der Waals surface area contributed by atoms with Gasteiger partial charge in [0.25, 0.3) is 11.8 Å². The number of sulfone groups is 1. The van der Waals surface area contributed by atoms with E-state index in [1.54, 1.807) is 29.2 Å². The summed E-state index contributed by atoms with van der Waals surface area (Å²) in [6.07, 6.45) is 4.57.